The Kier molecular flexibility index (Phi) is 1.43. The Labute approximate surface area is 75.6 Å². The van der Waals surface area contributed by atoms with Gasteiger partial charge in [-0.15, -0.1) is 0 Å². The number of nitrogens with zero attached hydrogens (tertiary/aromatic N) is 1. The maximum absolute atomic E-state index is 11.3. The number of nitrogens with one attached hydrogen (secondary N) is 3. The minimum absolute atomic E-state index is 0.0669. The van der Waals surface area contributed by atoms with Crippen molar-refractivity contribution in [3.63, 3.8) is 0 Å². The number of rotatable bonds is 0. The van der Waals surface area contributed by atoms with Crippen molar-refractivity contribution in [1.29, 1.82) is 0 Å². The Balaban J connectivity index is 2.29. The molecule has 2 aliphatic heterocycles. The molecule has 2 saturated heterocycles. The molecule has 2 aliphatic rings. The average molecular weight is 184 g/mol. The molecule has 6 nitrogen and oxygen atoms in total. The van der Waals surface area contributed by atoms with Gasteiger partial charge in [0.25, 0.3) is 0 Å². The summed E-state index contributed by atoms with van der Waals surface area (Å²) in [6, 6.07) is -0.457. The van der Waals surface area contributed by atoms with Gasteiger partial charge in [0.1, 0.15) is 5.66 Å². The van der Waals surface area contributed by atoms with E-state index < -0.39 is 5.66 Å². The monoisotopic (exact) mass is 184 g/mol. The van der Waals surface area contributed by atoms with Crippen LogP contribution < -0.4 is 16.0 Å². The molecule has 0 spiro atoms. The van der Waals surface area contributed by atoms with Gasteiger partial charge in [-0.2, -0.15) is 0 Å². The van der Waals surface area contributed by atoms with E-state index in [1.54, 1.807) is 7.05 Å². The molecule has 0 radical (unpaired) electrons. The number of likely N-dealkylation sites (N-methyl/N-ethyl adjacent to an activating group) is 1. The molecule has 6 heteroatoms. The molecule has 0 bridgehead atoms. The maximum Gasteiger partial charge on any atom is 0.319 e. The van der Waals surface area contributed by atoms with Crippen molar-refractivity contribution < 1.29 is 9.59 Å². The normalized spacial score (nSPS) is 37.7. The quantitative estimate of drug-likeness (QED) is 0.453. The van der Waals surface area contributed by atoms with E-state index in [9.17, 15) is 9.59 Å². The van der Waals surface area contributed by atoms with Gasteiger partial charge in [0.05, 0.1) is 6.04 Å². The summed E-state index contributed by atoms with van der Waals surface area (Å²) in [6.07, 6.45) is 0. The Bertz CT molecular complexity index is 280. The van der Waals surface area contributed by atoms with Crippen LogP contribution in [0, 0.1) is 0 Å². The van der Waals surface area contributed by atoms with E-state index in [4.69, 9.17) is 0 Å². The topological polar surface area (TPSA) is 73.5 Å². The highest BCUT2D eigenvalue weighted by atomic mass is 16.2. The molecule has 2 unspecified atom stereocenters. The summed E-state index contributed by atoms with van der Waals surface area (Å²) in [5.74, 6) is 0. The number of carbonyl (C=O) groups excluding carboxylic acids is 2. The number of amides is 4. The summed E-state index contributed by atoms with van der Waals surface area (Å²) < 4.78 is 0. The molecule has 0 aromatic rings. The number of carbonyl (C=O) groups is 2. The third-order valence-corrected chi connectivity index (χ3v) is 2.81. The zero-order valence-corrected chi connectivity index (χ0v) is 7.55. The van der Waals surface area contributed by atoms with Gasteiger partial charge in [-0.1, -0.05) is 0 Å². The van der Waals surface area contributed by atoms with E-state index in [-0.39, 0.29) is 18.1 Å². The number of urea groups is 2. The van der Waals surface area contributed by atoms with E-state index in [1.165, 1.54) is 4.90 Å². The first-order chi connectivity index (χ1) is 6.04. The van der Waals surface area contributed by atoms with Crippen LogP contribution in [0.2, 0.25) is 0 Å². The van der Waals surface area contributed by atoms with Crippen LogP contribution in [0.4, 0.5) is 9.59 Å². The number of fused-ring (bicyclic) bond motifs is 1. The minimum Gasteiger partial charge on any atom is -0.336 e. The second-order valence-electron chi connectivity index (χ2n) is 3.54. The van der Waals surface area contributed by atoms with Crippen LogP contribution in [0.1, 0.15) is 6.92 Å². The Morgan fingerprint density at radius 2 is 2.23 bits per heavy atom. The van der Waals surface area contributed by atoms with Crippen LogP contribution in [-0.4, -0.2) is 42.3 Å². The minimum atomic E-state index is -0.598. The highest BCUT2D eigenvalue weighted by Gasteiger charge is 2.50. The van der Waals surface area contributed by atoms with E-state index in [1.807, 2.05) is 6.92 Å². The van der Waals surface area contributed by atoms with Gasteiger partial charge in [0.15, 0.2) is 0 Å². The molecular formula is C7H12N4O2. The molecule has 3 N–H and O–H groups in total. The molecule has 2 rings (SSSR count). The first kappa shape index (κ1) is 8.15. The summed E-state index contributed by atoms with van der Waals surface area (Å²) in [6.45, 7) is 2.30. The Morgan fingerprint density at radius 3 is 2.92 bits per heavy atom. The van der Waals surface area contributed by atoms with Gasteiger partial charge in [-0.25, -0.2) is 9.59 Å². The summed E-state index contributed by atoms with van der Waals surface area (Å²) >= 11 is 0. The van der Waals surface area contributed by atoms with Crippen LogP contribution in [-0.2, 0) is 0 Å². The Morgan fingerprint density at radius 1 is 1.54 bits per heavy atom. The van der Waals surface area contributed by atoms with Gasteiger partial charge in [0, 0.05) is 13.6 Å². The fraction of sp³-hybridized carbons (Fsp3) is 0.714. The van der Waals surface area contributed by atoms with Crippen LogP contribution in [0.5, 0.6) is 0 Å². The standard InChI is InChI=1S/C7H12N4O2/c1-7-4(3-8-5(12)10-7)9-6(13)11(7)2/h4H,3H2,1-2H3,(H,9,13)(H2,8,10,12). The molecule has 2 fully saturated rings. The zero-order valence-electron chi connectivity index (χ0n) is 7.55. The predicted molar refractivity (Wildman–Crippen MR) is 45.0 cm³/mol. The zero-order chi connectivity index (χ0) is 9.64. The van der Waals surface area contributed by atoms with Gasteiger partial charge >= 0.3 is 12.1 Å². The van der Waals surface area contributed by atoms with Crippen LogP contribution >= 0.6 is 0 Å². The van der Waals surface area contributed by atoms with Crippen molar-refractivity contribution in [3.8, 4) is 0 Å². The van der Waals surface area contributed by atoms with E-state index in [0.29, 0.717) is 6.54 Å². The lowest BCUT2D eigenvalue weighted by atomic mass is 10.0. The fourth-order valence-electron chi connectivity index (χ4n) is 1.72. The smallest absolute Gasteiger partial charge is 0.319 e. The van der Waals surface area contributed by atoms with Crippen LogP contribution in [0.15, 0.2) is 0 Å². The van der Waals surface area contributed by atoms with Crippen LogP contribution in [0.3, 0.4) is 0 Å². The predicted octanol–water partition coefficient (Wildman–Crippen LogP) is -0.961. The summed E-state index contributed by atoms with van der Waals surface area (Å²) in [5.41, 5.74) is -0.598. The van der Waals surface area contributed by atoms with Crippen LogP contribution in [0.25, 0.3) is 0 Å². The van der Waals surface area contributed by atoms with Crippen molar-refractivity contribution in [1.82, 2.24) is 20.9 Å². The highest BCUT2D eigenvalue weighted by molar-refractivity contribution is 5.83. The summed E-state index contributed by atoms with van der Waals surface area (Å²) in [5, 5.41) is 8.13. The highest BCUT2D eigenvalue weighted by Crippen LogP contribution is 2.22. The van der Waals surface area contributed by atoms with Crippen molar-refractivity contribution >= 4 is 12.1 Å². The van der Waals surface area contributed by atoms with E-state index >= 15 is 0 Å². The first-order valence-corrected chi connectivity index (χ1v) is 4.14. The number of hydrogen-bond acceptors (Lipinski definition) is 2. The summed E-state index contributed by atoms with van der Waals surface area (Å²) in [4.78, 5) is 23.9. The molecule has 0 aliphatic carbocycles. The van der Waals surface area contributed by atoms with Gasteiger partial charge in [-0.3, -0.25) is 0 Å². The van der Waals surface area contributed by atoms with Gasteiger partial charge in [-0.05, 0) is 6.92 Å². The second-order valence-corrected chi connectivity index (χ2v) is 3.54. The van der Waals surface area contributed by atoms with Crippen molar-refractivity contribution in [2.24, 2.45) is 0 Å². The average Bonchev–Trinajstić information content (AvgIpc) is 2.27. The second kappa shape index (κ2) is 2.27. The molecule has 0 aromatic heterocycles. The molecular weight excluding hydrogens is 172 g/mol. The van der Waals surface area contributed by atoms with E-state index in [2.05, 4.69) is 16.0 Å². The van der Waals surface area contributed by atoms with E-state index in [0.717, 1.165) is 0 Å². The fourth-order valence-corrected chi connectivity index (χ4v) is 1.72. The summed E-state index contributed by atoms with van der Waals surface area (Å²) in [7, 11) is 1.67. The lowest BCUT2D eigenvalue weighted by Crippen LogP contribution is -2.69. The largest absolute Gasteiger partial charge is 0.336 e. The lowest BCUT2D eigenvalue weighted by Gasteiger charge is -2.39. The molecule has 0 saturated carbocycles. The van der Waals surface area contributed by atoms with Crippen molar-refractivity contribution in [2.75, 3.05) is 13.6 Å². The molecule has 2 atom stereocenters. The SMILES string of the molecule is CN1C(=O)NC2CNC(=O)NC21C. The molecule has 2 heterocycles. The maximum atomic E-state index is 11.3. The Hall–Kier alpha value is -1.46. The third kappa shape index (κ3) is 0.944. The third-order valence-electron chi connectivity index (χ3n) is 2.81. The number of hydrogen-bond donors (Lipinski definition) is 3. The molecule has 72 valence electrons. The van der Waals surface area contributed by atoms with Crippen molar-refractivity contribution in [3.05, 3.63) is 0 Å². The van der Waals surface area contributed by atoms with Crippen molar-refractivity contribution in [2.45, 2.75) is 18.6 Å². The molecule has 13 heavy (non-hydrogen) atoms. The van der Waals surface area contributed by atoms with Gasteiger partial charge < -0.3 is 20.9 Å². The lowest BCUT2D eigenvalue weighted by molar-refractivity contribution is 0.130. The first-order valence-electron chi connectivity index (χ1n) is 4.14. The molecule has 0 aromatic carbocycles. The van der Waals surface area contributed by atoms with Gasteiger partial charge in [0.2, 0.25) is 0 Å². The molecule has 4 amide bonds.